The first kappa shape index (κ1) is 13.6. The zero-order chi connectivity index (χ0) is 13.7. The van der Waals surface area contributed by atoms with Crippen molar-refractivity contribution in [3.05, 3.63) is 36.5 Å². The second-order valence-corrected chi connectivity index (χ2v) is 3.97. The number of hydrogen-bond acceptors (Lipinski definition) is 3. The first-order valence-corrected chi connectivity index (χ1v) is 5.80. The Labute approximate surface area is 108 Å². The van der Waals surface area contributed by atoms with E-state index < -0.39 is 12.7 Å². The number of nitrogens with one attached hydrogen (secondary N) is 1. The van der Waals surface area contributed by atoms with Gasteiger partial charge in [-0.3, -0.25) is 4.98 Å². The number of alkyl halides is 3. The minimum Gasteiger partial charge on any atom is -0.490 e. The van der Waals surface area contributed by atoms with E-state index in [2.05, 4.69) is 10.3 Å². The Kier molecular flexibility index (Phi) is 4.21. The van der Waals surface area contributed by atoms with Gasteiger partial charge in [-0.2, -0.15) is 13.2 Å². The van der Waals surface area contributed by atoms with Gasteiger partial charge in [-0.25, -0.2) is 0 Å². The van der Waals surface area contributed by atoms with E-state index in [0.29, 0.717) is 11.3 Å². The van der Waals surface area contributed by atoms with Gasteiger partial charge in [0, 0.05) is 18.1 Å². The van der Waals surface area contributed by atoms with E-state index in [1.54, 1.807) is 12.3 Å². The number of pyridine rings is 1. The van der Waals surface area contributed by atoms with Crippen LogP contribution in [0.5, 0.6) is 5.75 Å². The summed E-state index contributed by atoms with van der Waals surface area (Å²) in [6.45, 7) is -0.724. The topological polar surface area (TPSA) is 34.1 Å². The quantitative estimate of drug-likeness (QED) is 0.848. The first-order valence-electron chi connectivity index (χ1n) is 5.80. The molecule has 102 valence electrons. The van der Waals surface area contributed by atoms with E-state index >= 15 is 0 Å². The summed E-state index contributed by atoms with van der Waals surface area (Å²) in [7, 11) is 0. The fraction of sp³-hybridized carbons (Fsp3) is 0.308. The average molecular weight is 270 g/mol. The van der Waals surface area contributed by atoms with Crippen molar-refractivity contribution in [2.45, 2.75) is 6.18 Å². The van der Waals surface area contributed by atoms with Crippen molar-refractivity contribution in [1.82, 2.24) is 10.3 Å². The van der Waals surface area contributed by atoms with Crippen LogP contribution >= 0.6 is 0 Å². The lowest BCUT2D eigenvalue weighted by Crippen LogP contribution is -2.31. The molecule has 6 heteroatoms. The van der Waals surface area contributed by atoms with Crippen molar-refractivity contribution in [3.63, 3.8) is 0 Å². The van der Waals surface area contributed by atoms with Gasteiger partial charge in [-0.1, -0.05) is 18.2 Å². The third kappa shape index (κ3) is 4.10. The molecule has 0 bridgehead atoms. The Morgan fingerprint density at radius 3 is 2.74 bits per heavy atom. The van der Waals surface area contributed by atoms with E-state index in [0.717, 1.165) is 5.39 Å². The minimum absolute atomic E-state index is 0.128. The Bertz CT molecular complexity index is 537. The molecule has 0 saturated carbocycles. The molecule has 2 aromatic rings. The zero-order valence-corrected chi connectivity index (χ0v) is 10.1. The van der Waals surface area contributed by atoms with E-state index in [9.17, 15) is 13.2 Å². The Morgan fingerprint density at radius 2 is 1.95 bits per heavy atom. The molecule has 0 radical (unpaired) electrons. The molecule has 2 rings (SSSR count). The largest absolute Gasteiger partial charge is 0.490 e. The number of nitrogens with zero attached hydrogens (tertiary/aromatic N) is 1. The van der Waals surface area contributed by atoms with Crippen molar-refractivity contribution in [2.75, 3.05) is 19.7 Å². The Hall–Kier alpha value is -1.82. The number of halogens is 3. The van der Waals surface area contributed by atoms with Gasteiger partial charge in [0.1, 0.15) is 17.9 Å². The number of fused-ring (bicyclic) bond motifs is 1. The number of rotatable bonds is 5. The first-order chi connectivity index (χ1) is 9.06. The molecule has 0 aliphatic rings. The lowest BCUT2D eigenvalue weighted by Gasteiger charge is -2.10. The second kappa shape index (κ2) is 5.88. The van der Waals surface area contributed by atoms with Crippen LogP contribution in [0, 0.1) is 0 Å². The summed E-state index contributed by atoms with van der Waals surface area (Å²) in [4.78, 5) is 4.19. The predicted molar refractivity (Wildman–Crippen MR) is 66.2 cm³/mol. The molecular formula is C13H13F3N2O. The standard InChI is InChI=1S/C13H13F3N2O/c14-13(15,16)9-17-7-8-19-11-5-1-3-10-4-2-6-18-12(10)11/h1-6,17H,7-9H2. The highest BCUT2D eigenvalue weighted by molar-refractivity contribution is 5.84. The van der Waals surface area contributed by atoms with Crippen LogP contribution in [0.2, 0.25) is 0 Å². The molecule has 1 aromatic heterocycles. The molecule has 1 N–H and O–H groups in total. The summed E-state index contributed by atoms with van der Waals surface area (Å²) in [5.41, 5.74) is 0.709. The second-order valence-electron chi connectivity index (χ2n) is 3.97. The van der Waals surface area contributed by atoms with Gasteiger partial charge in [-0.05, 0) is 12.1 Å². The average Bonchev–Trinajstić information content (AvgIpc) is 2.37. The molecular weight excluding hydrogens is 257 g/mol. The third-order valence-corrected chi connectivity index (χ3v) is 2.46. The molecule has 0 spiro atoms. The Balaban J connectivity index is 1.88. The van der Waals surface area contributed by atoms with Gasteiger partial charge >= 0.3 is 6.18 Å². The molecule has 0 aliphatic heterocycles. The molecule has 3 nitrogen and oxygen atoms in total. The molecule has 0 fully saturated rings. The minimum atomic E-state index is -4.19. The number of ether oxygens (including phenoxy) is 1. The lowest BCUT2D eigenvalue weighted by molar-refractivity contribution is -0.124. The van der Waals surface area contributed by atoms with E-state index in [-0.39, 0.29) is 13.2 Å². The Morgan fingerprint density at radius 1 is 1.16 bits per heavy atom. The number of aromatic nitrogens is 1. The molecule has 0 atom stereocenters. The highest BCUT2D eigenvalue weighted by Crippen LogP contribution is 2.22. The van der Waals surface area contributed by atoms with Crippen LogP contribution < -0.4 is 10.1 Å². The molecule has 0 amide bonds. The summed E-state index contributed by atoms with van der Waals surface area (Å²) < 4.78 is 41.1. The highest BCUT2D eigenvalue weighted by Gasteiger charge is 2.25. The van der Waals surface area contributed by atoms with Gasteiger partial charge in [0.2, 0.25) is 0 Å². The van der Waals surface area contributed by atoms with Crippen LogP contribution in [-0.4, -0.2) is 30.9 Å². The van der Waals surface area contributed by atoms with Crippen LogP contribution in [0.15, 0.2) is 36.5 Å². The van der Waals surface area contributed by atoms with Crippen molar-refractivity contribution in [1.29, 1.82) is 0 Å². The van der Waals surface area contributed by atoms with E-state index in [1.807, 2.05) is 24.3 Å². The van der Waals surface area contributed by atoms with Gasteiger partial charge in [0.05, 0.1) is 6.54 Å². The van der Waals surface area contributed by atoms with E-state index in [1.165, 1.54) is 0 Å². The van der Waals surface area contributed by atoms with Crippen molar-refractivity contribution >= 4 is 10.9 Å². The van der Waals surface area contributed by atoms with Gasteiger partial charge in [0.15, 0.2) is 0 Å². The van der Waals surface area contributed by atoms with E-state index in [4.69, 9.17) is 4.74 Å². The van der Waals surface area contributed by atoms with Crippen LogP contribution in [0.3, 0.4) is 0 Å². The fourth-order valence-electron chi connectivity index (χ4n) is 1.66. The maximum absolute atomic E-state index is 11.9. The van der Waals surface area contributed by atoms with Crippen molar-refractivity contribution < 1.29 is 17.9 Å². The SMILES string of the molecule is FC(F)(F)CNCCOc1cccc2cccnc12. The number of benzene rings is 1. The maximum Gasteiger partial charge on any atom is 0.401 e. The molecule has 0 unspecified atom stereocenters. The molecule has 1 aromatic carbocycles. The zero-order valence-electron chi connectivity index (χ0n) is 10.1. The molecule has 0 aliphatic carbocycles. The smallest absolute Gasteiger partial charge is 0.401 e. The summed E-state index contributed by atoms with van der Waals surface area (Å²) in [5, 5.41) is 3.21. The number of hydrogen-bond donors (Lipinski definition) is 1. The van der Waals surface area contributed by atoms with Crippen molar-refractivity contribution in [3.8, 4) is 5.75 Å². The summed E-state index contributed by atoms with van der Waals surface area (Å²) >= 11 is 0. The highest BCUT2D eigenvalue weighted by atomic mass is 19.4. The van der Waals surface area contributed by atoms with Gasteiger partial charge in [0.25, 0.3) is 0 Å². The van der Waals surface area contributed by atoms with Crippen molar-refractivity contribution in [2.24, 2.45) is 0 Å². The molecule has 1 heterocycles. The monoisotopic (exact) mass is 270 g/mol. The third-order valence-electron chi connectivity index (χ3n) is 2.46. The number of para-hydroxylation sites is 1. The van der Waals surface area contributed by atoms with Crippen LogP contribution in [0.1, 0.15) is 0 Å². The lowest BCUT2D eigenvalue weighted by atomic mass is 10.2. The van der Waals surface area contributed by atoms with Crippen LogP contribution in [0.25, 0.3) is 10.9 Å². The summed E-state index contributed by atoms with van der Waals surface area (Å²) in [6.07, 6.45) is -2.54. The van der Waals surface area contributed by atoms with Gasteiger partial charge < -0.3 is 10.1 Å². The summed E-state index contributed by atoms with van der Waals surface area (Å²) in [6, 6.07) is 9.19. The maximum atomic E-state index is 11.9. The fourth-order valence-corrected chi connectivity index (χ4v) is 1.66. The van der Waals surface area contributed by atoms with Crippen LogP contribution in [-0.2, 0) is 0 Å². The van der Waals surface area contributed by atoms with Gasteiger partial charge in [-0.15, -0.1) is 0 Å². The van der Waals surface area contributed by atoms with Crippen LogP contribution in [0.4, 0.5) is 13.2 Å². The molecule has 0 saturated heterocycles. The summed E-state index contributed by atoms with van der Waals surface area (Å²) in [5.74, 6) is 0.576. The normalized spacial score (nSPS) is 11.7. The predicted octanol–water partition coefficient (Wildman–Crippen LogP) is 2.77. The molecule has 19 heavy (non-hydrogen) atoms.